The Kier molecular flexibility index (Phi) is 6.47. The van der Waals surface area contributed by atoms with E-state index in [9.17, 15) is 14.7 Å². The van der Waals surface area contributed by atoms with Crippen molar-refractivity contribution in [1.82, 2.24) is 10.2 Å². The summed E-state index contributed by atoms with van der Waals surface area (Å²) in [6.07, 6.45) is 3.58. The van der Waals surface area contributed by atoms with Crippen LogP contribution < -0.4 is 15.8 Å². The van der Waals surface area contributed by atoms with Gasteiger partial charge in [0, 0.05) is 11.1 Å². The second-order valence-electron chi connectivity index (χ2n) is 10.0. The molecule has 0 aromatic heterocycles. The van der Waals surface area contributed by atoms with E-state index in [1.54, 1.807) is 4.90 Å². The third-order valence-corrected chi connectivity index (χ3v) is 8.00. The van der Waals surface area contributed by atoms with Gasteiger partial charge in [-0.3, -0.25) is 14.5 Å². The minimum absolute atomic E-state index is 0.0131. The van der Waals surface area contributed by atoms with Gasteiger partial charge in [0.05, 0.1) is 24.0 Å². The van der Waals surface area contributed by atoms with Crippen molar-refractivity contribution in [2.24, 2.45) is 10.7 Å². The maximum Gasteiger partial charge on any atom is 0.251 e. The summed E-state index contributed by atoms with van der Waals surface area (Å²) in [5.41, 5.74) is 9.25. The Labute approximate surface area is 211 Å². The SMILES string of the molecule is CCC1(CC)CC(=O)N([C@@H]2CCCc3ccc(C(=O)N[C@@H]4c5ccccc5OC[C@H]4O)cc32)C(N)=N1. The summed E-state index contributed by atoms with van der Waals surface area (Å²) < 4.78 is 5.60. The number of aliphatic hydroxyl groups excluding tert-OH is 1. The van der Waals surface area contributed by atoms with Crippen LogP contribution in [-0.2, 0) is 11.2 Å². The second kappa shape index (κ2) is 9.58. The molecular formula is C28H34N4O4. The Morgan fingerprint density at radius 1 is 1.22 bits per heavy atom. The summed E-state index contributed by atoms with van der Waals surface area (Å²) in [5, 5.41) is 13.5. The Bertz CT molecular complexity index is 1210. The van der Waals surface area contributed by atoms with Crippen molar-refractivity contribution >= 4 is 17.8 Å². The highest BCUT2D eigenvalue weighted by Gasteiger charge is 2.41. The maximum atomic E-state index is 13.3. The number of carbonyl (C=O) groups is 2. The second-order valence-corrected chi connectivity index (χ2v) is 10.0. The Morgan fingerprint density at radius 3 is 2.75 bits per heavy atom. The summed E-state index contributed by atoms with van der Waals surface area (Å²) in [5.74, 6) is 0.628. The highest BCUT2D eigenvalue weighted by atomic mass is 16.5. The van der Waals surface area contributed by atoms with Gasteiger partial charge in [-0.25, -0.2) is 4.99 Å². The monoisotopic (exact) mass is 490 g/mol. The lowest BCUT2D eigenvalue weighted by Gasteiger charge is -2.41. The molecule has 8 nitrogen and oxygen atoms in total. The van der Waals surface area contributed by atoms with Crippen LogP contribution in [0.25, 0.3) is 0 Å². The molecule has 5 rings (SSSR count). The zero-order chi connectivity index (χ0) is 25.4. The average Bonchev–Trinajstić information content (AvgIpc) is 2.89. The lowest BCUT2D eigenvalue weighted by Crippen LogP contribution is -2.53. The van der Waals surface area contributed by atoms with Gasteiger partial charge >= 0.3 is 0 Å². The van der Waals surface area contributed by atoms with E-state index in [4.69, 9.17) is 15.5 Å². The Morgan fingerprint density at radius 2 is 2.00 bits per heavy atom. The van der Waals surface area contributed by atoms with Crippen LogP contribution in [0.4, 0.5) is 0 Å². The van der Waals surface area contributed by atoms with Gasteiger partial charge < -0.3 is 20.9 Å². The molecule has 2 amide bonds. The molecule has 0 fully saturated rings. The van der Waals surface area contributed by atoms with Crippen molar-refractivity contribution in [2.45, 2.75) is 76.1 Å². The molecule has 0 spiro atoms. The number of nitrogens with zero attached hydrogens (tertiary/aromatic N) is 2. The number of aliphatic imine (C=N–C) groups is 1. The number of amides is 2. The number of hydrogen-bond acceptors (Lipinski definition) is 6. The summed E-state index contributed by atoms with van der Waals surface area (Å²) in [6.45, 7) is 4.19. The molecule has 36 heavy (non-hydrogen) atoms. The fraction of sp³-hybridized carbons (Fsp3) is 0.464. The van der Waals surface area contributed by atoms with Crippen LogP contribution in [0.5, 0.6) is 5.75 Å². The predicted octanol–water partition coefficient (Wildman–Crippen LogP) is 3.39. The first-order valence-corrected chi connectivity index (χ1v) is 12.9. The van der Waals surface area contributed by atoms with E-state index < -0.39 is 17.7 Å². The smallest absolute Gasteiger partial charge is 0.251 e. The molecule has 1 aliphatic carbocycles. The zero-order valence-electron chi connectivity index (χ0n) is 20.9. The van der Waals surface area contributed by atoms with E-state index in [0.29, 0.717) is 17.7 Å². The van der Waals surface area contributed by atoms with Crippen molar-refractivity contribution < 1.29 is 19.4 Å². The molecule has 4 N–H and O–H groups in total. The largest absolute Gasteiger partial charge is 0.490 e. The fourth-order valence-corrected chi connectivity index (χ4v) is 5.75. The number of hydrogen-bond donors (Lipinski definition) is 3. The van der Waals surface area contributed by atoms with Crippen LogP contribution >= 0.6 is 0 Å². The van der Waals surface area contributed by atoms with Crippen LogP contribution in [0.3, 0.4) is 0 Å². The molecule has 3 atom stereocenters. The number of para-hydroxylation sites is 1. The van der Waals surface area contributed by atoms with E-state index >= 15 is 0 Å². The van der Waals surface area contributed by atoms with E-state index in [1.807, 2.05) is 56.3 Å². The highest BCUT2D eigenvalue weighted by molar-refractivity contribution is 6.00. The van der Waals surface area contributed by atoms with Gasteiger partial charge in [0.15, 0.2) is 5.96 Å². The molecule has 3 aliphatic rings. The average molecular weight is 491 g/mol. The van der Waals surface area contributed by atoms with Gasteiger partial charge in [0.2, 0.25) is 5.91 Å². The van der Waals surface area contributed by atoms with Crippen LogP contribution in [0, 0.1) is 0 Å². The van der Waals surface area contributed by atoms with Crippen LogP contribution in [0.2, 0.25) is 0 Å². The van der Waals surface area contributed by atoms with Gasteiger partial charge in [-0.05, 0) is 61.4 Å². The third kappa shape index (κ3) is 4.23. The first kappa shape index (κ1) is 24.3. The number of nitrogens with one attached hydrogen (secondary N) is 1. The number of guanidine groups is 1. The predicted molar refractivity (Wildman–Crippen MR) is 137 cm³/mol. The van der Waals surface area contributed by atoms with Crippen molar-refractivity contribution in [3.05, 3.63) is 64.7 Å². The van der Waals surface area contributed by atoms with Crippen LogP contribution in [0.15, 0.2) is 47.5 Å². The molecule has 0 bridgehead atoms. The van der Waals surface area contributed by atoms with E-state index in [2.05, 4.69) is 5.32 Å². The maximum absolute atomic E-state index is 13.3. The van der Waals surface area contributed by atoms with E-state index in [-0.39, 0.29) is 30.4 Å². The van der Waals surface area contributed by atoms with Crippen molar-refractivity contribution in [1.29, 1.82) is 0 Å². The molecule has 0 unspecified atom stereocenters. The van der Waals surface area contributed by atoms with Gasteiger partial charge in [-0.1, -0.05) is 38.1 Å². The minimum Gasteiger partial charge on any atom is -0.490 e. The molecule has 0 radical (unpaired) electrons. The van der Waals surface area contributed by atoms with Crippen molar-refractivity contribution in [3.8, 4) is 5.75 Å². The van der Waals surface area contributed by atoms with Crippen molar-refractivity contribution in [3.63, 3.8) is 0 Å². The number of ether oxygens (including phenoxy) is 1. The number of aryl methyl sites for hydroxylation is 1. The molecule has 190 valence electrons. The van der Waals surface area contributed by atoms with Crippen LogP contribution in [0.1, 0.15) is 85.1 Å². The van der Waals surface area contributed by atoms with Gasteiger partial charge in [-0.15, -0.1) is 0 Å². The van der Waals surface area contributed by atoms with Crippen LogP contribution in [-0.4, -0.2) is 46.0 Å². The first-order chi connectivity index (χ1) is 17.4. The lowest BCUT2D eigenvalue weighted by molar-refractivity contribution is -0.131. The van der Waals surface area contributed by atoms with E-state index in [0.717, 1.165) is 48.8 Å². The quantitative estimate of drug-likeness (QED) is 0.594. The summed E-state index contributed by atoms with van der Waals surface area (Å²) in [6, 6.07) is 12.2. The highest BCUT2D eigenvalue weighted by Crippen LogP contribution is 2.39. The minimum atomic E-state index is -0.853. The number of benzene rings is 2. The summed E-state index contributed by atoms with van der Waals surface area (Å²) in [7, 11) is 0. The molecule has 2 aromatic carbocycles. The lowest BCUT2D eigenvalue weighted by atomic mass is 9.83. The Balaban J connectivity index is 1.43. The number of carbonyl (C=O) groups excluding carboxylic acids is 2. The fourth-order valence-electron chi connectivity index (χ4n) is 5.75. The number of rotatable bonds is 5. The molecule has 2 aliphatic heterocycles. The molecule has 0 saturated carbocycles. The standard InChI is InChI=1S/C28H34N4O4/c1-3-28(4-2)15-24(34)32(27(29)31-28)21-10-7-8-17-12-13-18(14-20(17)21)26(35)30-25-19-9-5-6-11-23(19)36-16-22(25)33/h5-6,9,11-14,21-22,25,33H,3-4,7-8,10,15-16H2,1-2H3,(H2,29,31)(H,30,35)/t21-,22-,25-/m1/s1. The van der Waals surface area contributed by atoms with Gasteiger partial charge in [0.25, 0.3) is 5.91 Å². The molecule has 2 heterocycles. The topological polar surface area (TPSA) is 117 Å². The molecule has 8 heteroatoms. The Hall–Kier alpha value is -3.39. The summed E-state index contributed by atoms with van der Waals surface area (Å²) >= 11 is 0. The van der Waals surface area contributed by atoms with Gasteiger partial charge in [0.1, 0.15) is 18.5 Å². The van der Waals surface area contributed by atoms with Gasteiger partial charge in [-0.2, -0.15) is 0 Å². The molecule has 2 aromatic rings. The number of fused-ring (bicyclic) bond motifs is 2. The number of aliphatic hydroxyl groups is 1. The number of nitrogens with two attached hydrogens (primary N) is 1. The van der Waals surface area contributed by atoms with Crippen molar-refractivity contribution in [2.75, 3.05) is 6.61 Å². The zero-order valence-corrected chi connectivity index (χ0v) is 20.9. The normalized spacial score (nSPS) is 24.8. The third-order valence-electron chi connectivity index (χ3n) is 8.00. The first-order valence-electron chi connectivity index (χ1n) is 12.9. The van der Waals surface area contributed by atoms with E-state index in [1.165, 1.54) is 0 Å². The molecule has 0 saturated heterocycles. The molecular weight excluding hydrogens is 456 g/mol. The summed E-state index contributed by atoms with van der Waals surface area (Å²) in [4.78, 5) is 33.1.